The summed E-state index contributed by atoms with van der Waals surface area (Å²) in [5, 5.41) is 7.85. The third-order valence-electron chi connectivity index (χ3n) is 5.32. The van der Waals surface area contributed by atoms with Gasteiger partial charge >= 0.3 is 0 Å². The molecule has 31 heavy (non-hydrogen) atoms. The maximum absolute atomic E-state index is 13.0. The zero-order valence-corrected chi connectivity index (χ0v) is 19.4. The minimum Gasteiger partial charge on any atom is -0.496 e. The van der Waals surface area contributed by atoms with E-state index in [-0.39, 0.29) is 11.9 Å². The Morgan fingerprint density at radius 2 is 1.84 bits per heavy atom. The minimum absolute atomic E-state index is 0.0539. The molecule has 1 atom stereocenters. The van der Waals surface area contributed by atoms with Crippen LogP contribution in [0.4, 0.5) is 0 Å². The van der Waals surface area contributed by atoms with Crippen molar-refractivity contribution >= 4 is 17.5 Å². The number of benzene rings is 2. The van der Waals surface area contributed by atoms with Crippen LogP contribution in [0.3, 0.4) is 0 Å². The second-order valence-electron chi connectivity index (χ2n) is 7.83. The topological polar surface area (TPSA) is 59.4 Å². The van der Waals surface area contributed by atoms with Crippen molar-refractivity contribution in [3.8, 4) is 5.75 Å². The molecular formula is C24H29ClN4O2. The number of ether oxygens (including phenoxy) is 1. The molecule has 0 spiro atoms. The van der Waals surface area contributed by atoms with Gasteiger partial charge in [0, 0.05) is 12.1 Å². The largest absolute Gasteiger partial charge is 0.496 e. The van der Waals surface area contributed by atoms with Crippen molar-refractivity contribution < 1.29 is 9.53 Å². The summed E-state index contributed by atoms with van der Waals surface area (Å²) >= 11 is 6.56. The van der Waals surface area contributed by atoms with Gasteiger partial charge in [0.25, 0.3) is 5.91 Å². The first-order valence-electron chi connectivity index (χ1n) is 10.2. The monoisotopic (exact) mass is 440 g/mol. The average Bonchev–Trinajstić information content (AvgIpc) is 3.02. The number of aryl methyl sites for hydroxylation is 2. The Morgan fingerprint density at radius 3 is 2.48 bits per heavy atom. The number of carbonyl (C=O) groups excluding carboxylic acids is 1. The summed E-state index contributed by atoms with van der Waals surface area (Å²) in [7, 11) is 5.60. The maximum atomic E-state index is 13.0. The zero-order valence-electron chi connectivity index (χ0n) is 18.6. The Bertz CT molecular complexity index is 1040. The number of hydrogen-bond acceptors (Lipinski definition) is 4. The highest BCUT2D eigenvalue weighted by atomic mass is 35.5. The Hall–Kier alpha value is -2.83. The molecular weight excluding hydrogens is 412 g/mol. The SMILES string of the molecule is COc1ccccc1[C@@H](CNC(=O)c1c(C)nn(Cc2ccc(C)cc2)c1Cl)N(C)C. The minimum atomic E-state index is -0.237. The Balaban J connectivity index is 1.76. The first-order valence-corrected chi connectivity index (χ1v) is 10.6. The number of nitrogens with one attached hydrogen (secondary N) is 1. The molecule has 1 N–H and O–H groups in total. The number of rotatable bonds is 8. The number of amides is 1. The molecule has 0 aliphatic carbocycles. The highest BCUT2D eigenvalue weighted by Gasteiger charge is 2.23. The molecule has 3 rings (SSSR count). The van der Waals surface area contributed by atoms with E-state index in [1.165, 1.54) is 5.56 Å². The van der Waals surface area contributed by atoms with Gasteiger partial charge in [-0.05, 0) is 39.6 Å². The number of halogens is 1. The quantitative estimate of drug-likeness (QED) is 0.569. The van der Waals surface area contributed by atoms with Crippen LogP contribution in [0.5, 0.6) is 5.75 Å². The van der Waals surface area contributed by atoms with Crippen LogP contribution in [-0.4, -0.2) is 48.3 Å². The number of likely N-dealkylation sites (N-methyl/N-ethyl adjacent to an activating group) is 1. The standard InChI is InChI=1S/C24H29ClN4O2/c1-16-10-12-18(13-11-16)15-29-23(25)22(17(2)27-29)24(30)26-14-20(28(3)4)19-8-6-7-9-21(19)31-5/h6-13,20H,14-15H2,1-5H3,(H,26,30)/t20-/m1/s1. The van der Waals surface area contributed by atoms with E-state index < -0.39 is 0 Å². The molecule has 1 amide bonds. The van der Waals surface area contributed by atoms with E-state index >= 15 is 0 Å². The maximum Gasteiger partial charge on any atom is 0.256 e. The molecule has 0 saturated carbocycles. The summed E-state index contributed by atoms with van der Waals surface area (Å²) < 4.78 is 7.17. The van der Waals surface area contributed by atoms with Crippen molar-refractivity contribution in [1.82, 2.24) is 20.0 Å². The van der Waals surface area contributed by atoms with Gasteiger partial charge in [-0.1, -0.05) is 59.6 Å². The summed E-state index contributed by atoms with van der Waals surface area (Å²) in [6, 6.07) is 15.9. The van der Waals surface area contributed by atoms with Gasteiger partial charge in [0.2, 0.25) is 0 Å². The van der Waals surface area contributed by atoms with Gasteiger partial charge in [0.15, 0.2) is 0 Å². The van der Waals surface area contributed by atoms with Crippen molar-refractivity contribution in [1.29, 1.82) is 0 Å². The fourth-order valence-electron chi connectivity index (χ4n) is 3.57. The lowest BCUT2D eigenvalue weighted by Gasteiger charge is -2.26. The molecule has 0 unspecified atom stereocenters. The molecule has 0 aliphatic heterocycles. The third-order valence-corrected chi connectivity index (χ3v) is 5.71. The van der Waals surface area contributed by atoms with Crippen LogP contribution in [-0.2, 0) is 6.54 Å². The van der Waals surface area contributed by atoms with Gasteiger partial charge in [-0.2, -0.15) is 5.10 Å². The lowest BCUT2D eigenvalue weighted by atomic mass is 10.0. The van der Waals surface area contributed by atoms with Crippen LogP contribution in [0, 0.1) is 13.8 Å². The van der Waals surface area contributed by atoms with Gasteiger partial charge in [0.1, 0.15) is 10.9 Å². The Labute approximate surface area is 188 Å². The van der Waals surface area contributed by atoms with Crippen LogP contribution in [0.15, 0.2) is 48.5 Å². The molecule has 0 bridgehead atoms. The van der Waals surface area contributed by atoms with Gasteiger partial charge < -0.3 is 15.0 Å². The molecule has 0 fully saturated rings. The van der Waals surface area contributed by atoms with Gasteiger partial charge in [0.05, 0.1) is 31.0 Å². The zero-order chi connectivity index (χ0) is 22.5. The molecule has 0 aliphatic rings. The van der Waals surface area contributed by atoms with E-state index in [9.17, 15) is 4.79 Å². The number of carbonyl (C=O) groups is 1. The molecule has 1 heterocycles. The normalized spacial score (nSPS) is 12.1. The van der Waals surface area contributed by atoms with Crippen molar-refractivity contribution in [2.75, 3.05) is 27.7 Å². The van der Waals surface area contributed by atoms with E-state index in [0.717, 1.165) is 16.9 Å². The number of aromatic nitrogens is 2. The summed E-state index contributed by atoms with van der Waals surface area (Å²) in [4.78, 5) is 15.1. The molecule has 1 aromatic heterocycles. The van der Waals surface area contributed by atoms with Gasteiger partial charge in [-0.15, -0.1) is 0 Å². The van der Waals surface area contributed by atoms with E-state index in [1.54, 1.807) is 18.7 Å². The second kappa shape index (κ2) is 9.98. The van der Waals surface area contributed by atoms with Crippen LogP contribution in [0.1, 0.15) is 38.8 Å². The molecule has 0 saturated heterocycles. The van der Waals surface area contributed by atoms with Crippen molar-refractivity contribution in [2.24, 2.45) is 0 Å². The summed E-state index contributed by atoms with van der Waals surface area (Å²) in [6.07, 6.45) is 0. The summed E-state index contributed by atoms with van der Waals surface area (Å²) in [6.45, 7) is 4.76. The van der Waals surface area contributed by atoms with E-state index in [1.807, 2.05) is 74.4 Å². The molecule has 2 aromatic carbocycles. The van der Waals surface area contributed by atoms with Crippen molar-refractivity contribution in [2.45, 2.75) is 26.4 Å². The van der Waals surface area contributed by atoms with Crippen molar-refractivity contribution in [3.63, 3.8) is 0 Å². The summed E-state index contributed by atoms with van der Waals surface area (Å²) in [5.74, 6) is 0.551. The average molecular weight is 441 g/mol. The van der Waals surface area contributed by atoms with E-state index in [0.29, 0.717) is 29.5 Å². The van der Waals surface area contributed by atoms with Crippen LogP contribution >= 0.6 is 11.6 Å². The molecule has 164 valence electrons. The molecule has 0 radical (unpaired) electrons. The third kappa shape index (κ3) is 5.27. The smallest absolute Gasteiger partial charge is 0.256 e. The van der Waals surface area contributed by atoms with Gasteiger partial charge in [-0.3, -0.25) is 4.79 Å². The van der Waals surface area contributed by atoms with Crippen LogP contribution < -0.4 is 10.1 Å². The molecule has 7 heteroatoms. The number of nitrogens with zero attached hydrogens (tertiary/aromatic N) is 3. The predicted octanol–water partition coefficient (Wildman–Crippen LogP) is 4.24. The Morgan fingerprint density at radius 1 is 1.16 bits per heavy atom. The van der Waals surface area contributed by atoms with Crippen LogP contribution in [0.2, 0.25) is 5.15 Å². The number of methoxy groups -OCH3 is 1. The fourth-order valence-corrected chi connectivity index (χ4v) is 3.89. The van der Waals surface area contributed by atoms with Crippen molar-refractivity contribution in [3.05, 3.63) is 81.6 Å². The second-order valence-corrected chi connectivity index (χ2v) is 8.18. The number of para-hydroxylation sites is 1. The fraction of sp³-hybridized carbons (Fsp3) is 0.333. The Kier molecular flexibility index (Phi) is 7.36. The van der Waals surface area contributed by atoms with E-state index in [4.69, 9.17) is 16.3 Å². The highest BCUT2D eigenvalue weighted by Crippen LogP contribution is 2.28. The molecule has 3 aromatic rings. The number of hydrogen-bond donors (Lipinski definition) is 1. The highest BCUT2D eigenvalue weighted by molar-refractivity contribution is 6.33. The first kappa shape index (κ1) is 22.8. The van der Waals surface area contributed by atoms with E-state index in [2.05, 4.69) is 10.4 Å². The van der Waals surface area contributed by atoms with Crippen LogP contribution in [0.25, 0.3) is 0 Å². The first-order chi connectivity index (χ1) is 14.8. The lowest BCUT2D eigenvalue weighted by Crippen LogP contribution is -2.35. The van der Waals surface area contributed by atoms with Gasteiger partial charge in [-0.25, -0.2) is 4.68 Å². The predicted molar refractivity (Wildman–Crippen MR) is 124 cm³/mol. The molecule has 6 nitrogen and oxygen atoms in total. The summed E-state index contributed by atoms with van der Waals surface area (Å²) in [5.41, 5.74) is 4.29. The lowest BCUT2D eigenvalue weighted by molar-refractivity contribution is 0.0941.